The number of nitrogens with one attached hydrogen (secondary N) is 3. The molecule has 152 valence electrons. The van der Waals surface area contributed by atoms with E-state index in [1.165, 1.54) is 39.8 Å². The molecule has 1 saturated carbocycles. The van der Waals surface area contributed by atoms with Gasteiger partial charge in [0, 0.05) is 11.8 Å². The highest BCUT2D eigenvalue weighted by molar-refractivity contribution is 7.99. The maximum Gasteiger partial charge on any atom is 0.248 e. The third-order valence-electron chi connectivity index (χ3n) is 6.55. The molecule has 1 fully saturated rings. The quantitative estimate of drug-likeness (QED) is 0.385. The molecule has 28 heavy (non-hydrogen) atoms. The number of benzene rings is 1. The predicted molar refractivity (Wildman–Crippen MR) is 122 cm³/mol. The molecule has 3 atom stereocenters. The Kier molecular flexibility index (Phi) is 6.71. The van der Waals surface area contributed by atoms with E-state index in [9.17, 15) is 4.79 Å². The Balaban J connectivity index is 1.41. The summed E-state index contributed by atoms with van der Waals surface area (Å²) < 4.78 is 0. The van der Waals surface area contributed by atoms with Gasteiger partial charge in [0.2, 0.25) is 5.91 Å². The average Bonchev–Trinajstić information content (AvgIpc) is 3.29. The largest absolute Gasteiger partial charge is 0.358 e. The third-order valence-corrected chi connectivity index (χ3v) is 7.72. The molecule has 1 amide bonds. The number of hydrogen-bond acceptors (Lipinski definition) is 3. The van der Waals surface area contributed by atoms with Gasteiger partial charge >= 0.3 is 0 Å². The van der Waals surface area contributed by atoms with Crippen molar-refractivity contribution >= 4 is 35.0 Å². The predicted octanol–water partition coefficient (Wildman–Crippen LogP) is 3.92. The highest BCUT2D eigenvalue weighted by Gasteiger charge is 2.35. The minimum Gasteiger partial charge on any atom is -0.358 e. The second-order valence-electron chi connectivity index (χ2n) is 8.13. The summed E-state index contributed by atoms with van der Waals surface area (Å²) >= 11 is 6.96. The van der Waals surface area contributed by atoms with Gasteiger partial charge in [-0.05, 0) is 105 Å². The lowest BCUT2D eigenvalue weighted by Gasteiger charge is -2.22. The van der Waals surface area contributed by atoms with Gasteiger partial charge in [-0.3, -0.25) is 15.6 Å². The van der Waals surface area contributed by atoms with Gasteiger partial charge in [0.25, 0.3) is 0 Å². The molecule has 2 aliphatic rings. The highest BCUT2D eigenvalue weighted by atomic mass is 32.2. The molecule has 0 unspecified atom stereocenters. The summed E-state index contributed by atoms with van der Waals surface area (Å²) in [6, 6.07) is 0.389. The van der Waals surface area contributed by atoms with Crippen molar-refractivity contribution in [1.82, 2.24) is 16.2 Å². The zero-order chi connectivity index (χ0) is 20.4. The van der Waals surface area contributed by atoms with Crippen LogP contribution in [0, 0.1) is 46.5 Å². The van der Waals surface area contributed by atoms with Gasteiger partial charge < -0.3 is 5.32 Å². The minimum atomic E-state index is -0.0575. The van der Waals surface area contributed by atoms with E-state index in [1.54, 1.807) is 11.8 Å². The molecule has 6 heteroatoms. The Morgan fingerprint density at radius 1 is 1.00 bits per heavy atom. The number of amides is 1. The molecule has 0 saturated heterocycles. The van der Waals surface area contributed by atoms with Crippen LogP contribution < -0.4 is 16.2 Å². The molecule has 3 N–H and O–H groups in total. The van der Waals surface area contributed by atoms with Crippen molar-refractivity contribution < 1.29 is 4.79 Å². The third kappa shape index (κ3) is 4.54. The molecule has 1 aromatic rings. The van der Waals surface area contributed by atoms with Gasteiger partial charge in [0.15, 0.2) is 5.11 Å². The van der Waals surface area contributed by atoms with Crippen LogP contribution in [0.3, 0.4) is 0 Å². The molecular formula is C22H31N3OS2. The molecular weight excluding hydrogens is 386 g/mol. The Morgan fingerprint density at radius 2 is 1.64 bits per heavy atom. The van der Waals surface area contributed by atoms with Gasteiger partial charge in [0.05, 0.1) is 5.75 Å². The van der Waals surface area contributed by atoms with Crippen LogP contribution in [-0.2, 0) is 10.5 Å². The number of fused-ring (bicyclic) bond motifs is 2. The molecule has 0 aliphatic heterocycles. The molecule has 0 aromatic heterocycles. The Bertz CT molecular complexity index is 789. The van der Waals surface area contributed by atoms with Gasteiger partial charge in [0.1, 0.15) is 0 Å². The summed E-state index contributed by atoms with van der Waals surface area (Å²) in [6.45, 7) is 10.9. The fraction of sp³-hybridized carbons (Fsp3) is 0.545. The summed E-state index contributed by atoms with van der Waals surface area (Å²) in [5.41, 5.74) is 13.7. The van der Waals surface area contributed by atoms with E-state index in [4.69, 9.17) is 12.2 Å². The highest BCUT2D eigenvalue weighted by Crippen LogP contribution is 2.38. The lowest BCUT2D eigenvalue weighted by Crippen LogP contribution is -2.50. The van der Waals surface area contributed by atoms with E-state index in [2.05, 4.69) is 62.9 Å². The smallest absolute Gasteiger partial charge is 0.248 e. The first-order valence-corrected chi connectivity index (χ1v) is 11.5. The van der Waals surface area contributed by atoms with Crippen LogP contribution >= 0.6 is 24.0 Å². The number of carbonyl (C=O) groups is 1. The number of carbonyl (C=O) groups excluding carboxylic acids is 1. The Morgan fingerprint density at radius 3 is 2.21 bits per heavy atom. The summed E-state index contributed by atoms with van der Waals surface area (Å²) in [4.78, 5) is 12.2. The monoisotopic (exact) mass is 417 g/mol. The zero-order valence-corrected chi connectivity index (χ0v) is 19.1. The fourth-order valence-electron chi connectivity index (χ4n) is 4.35. The van der Waals surface area contributed by atoms with Gasteiger partial charge in [-0.2, -0.15) is 0 Å². The first-order valence-electron chi connectivity index (χ1n) is 9.95. The van der Waals surface area contributed by atoms with Crippen LogP contribution in [-0.4, -0.2) is 22.8 Å². The lowest BCUT2D eigenvalue weighted by molar-refractivity contribution is -0.119. The van der Waals surface area contributed by atoms with Crippen LogP contribution in [0.2, 0.25) is 0 Å². The molecule has 1 aromatic carbocycles. The van der Waals surface area contributed by atoms with Gasteiger partial charge in [-0.25, -0.2) is 0 Å². The van der Waals surface area contributed by atoms with Gasteiger partial charge in [-0.15, -0.1) is 11.8 Å². The standard InChI is InChI=1S/C22H31N3OS2/c1-12-13(2)15(4)19(16(5)14(12)3)10-28-11-21(26)24-25-22(27)23-20-9-17-6-7-18(20)8-17/h6-7,17-18,20H,8-11H2,1-5H3,(H,24,26)(H2,23,25,27)/t17-,18+,20-/m1/s1. The first-order chi connectivity index (χ1) is 13.3. The number of hydrazine groups is 1. The summed E-state index contributed by atoms with van der Waals surface area (Å²) in [5.74, 6) is 2.45. The van der Waals surface area contributed by atoms with E-state index in [1.807, 2.05) is 0 Å². The lowest BCUT2D eigenvalue weighted by atomic mass is 9.90. The van der Waals surface area contributed by atoms with Crippen molar-refractivity contribution in [2.45, 2.75) is 59.3 Å². The molecule has 0 heterocycles. The summed E-state index contributed by atoms with van der Waals surface area (Å²) in [6.07, 6.45) is 6.93. The minimum absolute atomic E-state index is 0.0575. The van der Waals surface area contributed by atoms with Crippen molar-refractivity contribution in [3.63, 3.8) is 0 Å². The molecule has 4 nitrogen and oxygen atoms in total. The van der Waals surface area contributed by atoms with Gasteiger partial charge in [-0.1, -0.05) is 12.2 Å². The number of allylic oxidation sites excluding steroid dienone is 1. The molecule has 0 spiro atoms. The number of thioether (sulfide) groups is 1. The van der Waals surface area contributed by atoms with Crippen molar-refractivity contribution in [1.29, 1.82) is 0 Å². The SMILES string of the molecule is Cc1c(C)c(C)c(CSCC(=O)NNC(=S)N[C@@H]2C[C@@H]3C=C[C@H]2C3)c(C)c1C. The van der Waals surface area contributed by atoms with E-state index in [0.29, 0.717) is 28.7 Å². The first kappa shape index (κ1) is 21.2. The second-order valence-corrected chi connectivity index (χ2v) is 9.52. The van der Waals surface area contributed by atoms with Crippen molar-refractivity contribution in [3.8, 4) is 0 Å². The molecule has 2 bridgehead atoms. The van der Waals surface area contributed by atoms with E-state index >= 15 is 0 Å². The van der Waals surface area contributed by atoms with E-state index in [0.717, 1.165) is 12.2 Å². The molecule has 2 aliphatic carbocycles. The van der Waals surface area contributed by atoms with Crippen LogP contribution in [0.25, 0.3) is 0 Å². The van der Waals surface area contributed by atoms with Crippen LogP contribution in [0.1, 0.15) is 46.2 Å². The van der Waals surface area contributed by atoms with Crippen LogP contribution in [0.15, 0.2) is 12.2 Å². The topological polar surface area (TPSA) is 53.2 Å². The molecule has 0 radical (unpaired) electrons. The van der Waals surface area contributed by atoms with E-state index in [-0.39, 0.29) is 5.91 Å². The maximum atomic E-state index is 12.2. The summed E-state index contributed by atoms with van der Waals surface area (Å²) in [5, 5.41) is 3.83. The summed E-state index contributed by atoms with van der Waals surface area (Å²) in [7, 11) is 0. The van der Waals surface area contributed by atoms with E-state index < -0.39 is 0 Å². The van der Waals surface area contributed by atoms with Crippen LogP contribution in [0.5, 0.6) is 0 Å². The van der Waals surface area contributed by atoms with Crippen molar-refractivity contribution in [3.05, 3.63) is 45.5 Å². The molecule has 3 rings (SSSR count). The number of hydrogen-bond donors (Lipinski definition) is 3. The van der Waals surface area contributed by atoms with Crippen LogP contribution in [0.4, 0.5) is 0 Å². The fourth-order valence-corrected chi connectivity index (χ4v) is 5.55. The zero-order valence-electron chi connectivity index (χ0n) is 17.4. The Hall–Kier alpha value is -1.53. The van der Waals surface area contributed by atoms with Crippen molar-refractivity contribution in [2.24, 2.45) is 11.8 Å². The van der Waals surface area contributed by atoms with Crippen molar-refractivity contribution in [2.75, 3.05) is 5.75 Å². The maximum absolute atomic E-state index is 12.2. The second kappa shape index (κ2) is 8.87. The normalized spacial score (nSPS) is 22.4. The number of thiocarbonyl (C=S) groups is 1. The number of rotatable bonds is 5. The average molecular weight is 418 g/mol. The Labute approximate surface area is 178 Å².